The number of halogens is 2. The Hall–Kier alpha value is -2.60. The summed E-state index contributed by atoms with van der Waals surface area (Å²) in [5, 5.41) is 2.37. The van der Waals surface area contributed by atoms with E-state index in [1.807, 2.05) is 18.3 Å². The highest BCUT2D eigenvalue weighted by atomic mass is 19.1. The van der Waals surface area contributed by atoms with Gasteiger partial charge in [-0.2, -0.15) is 0 Å². The van der Waals surface area contributed by atoms with E-state index in [4.69, 9.17) is 0 Å². The first-order valence-corrected chi connectivity index (χ1v) is 7.31. The summed E-state index contributed by atoms with van der Waals surface area (Å²) in [4.78, 5) is 19.1. The van der Waals surface area contributed by atoms with E-state index in [0.717, 1.165) is 6.07 Å². The molecule has 0 unspecified atom stereocenters. The van der Waals surface area contributed by atoms with Gasteiger partial charge >= 0.3 is 0 Å². The number of para-hydroxylation sites is 1. The third kappa shape index (κ3) is 3.27. The number of benzene rings is 2. The SMILES string of the molecule is C[C@@H]([NH2+]Cc1nc2ccccc2c(=O)[nH]1)c1ccc(F)cc1F. The molecule has 0 radical (unpaired) electrons. The maximum Gasteiger partial charge on any atom is 0.258 e. The van der Waals surface area contributed by atoms with Crippen molar-refractivity contribution in [2.45, 2.75) is 19.5 Å². The van der Waals surface area contributed by atoms with Crippen molar-refractivity contribution in [1.29, 1.82) is 0 Å². The molecule has 3 rings (SSSR count). The Morgan fingerprint density at radius 2 is 2.00 bits per heavy atom. The average Bonchev–Trinajstić information content (AvgIpc) is 2.53. The lowest BCUT2D eigenvalue weighted by atomic mass is 10.1. The van der Waals surface area contributed by atoms with Gasteiger partial charge in [0.15, 0.2) is 5.82 Å². The predicted molar refractivity (Wildman–Crippen MR) is 82.8 cm³/mol. The van der Waals surface area contributed by atoms with Crippen LogP contribution in [0.3, 0.4) is 0 Å². The number of hydrogen-bond acceptors (Lipinski definition) is 2. The van der Waals surface area contributed by atoms with Crippen molar-refractivity contribution in [2.24, 2.45) is 0 Å². The van der Waals surface area contributed by atoms with E-state index in [1.165, 1.54) is 12.1 Å². The molecule has 0 spiro atoms. The summed E-state index contributed by atoms with van der Waals surface area (Å²) < 4.78 is 26.7. The number of nitrogens with one attached hydrogen (secondary N) is 1. The fraction of sp³-hybridized carbons (Fsp3) is 0.176. The van der Waals surface area contributed by atoms with Gasteiger partial charge in [0.25, 0.3) is 5.56 Å². The monoisotopic (exact) mass is 316 g/mol. The molecule has 3 aromatic rings. The van der Waals surface area contributed by atoms with E-state index in [-0.39, 0.29) is 11.6 Å². The lowest BCUT2D eigenvalue weighted by molar-refractivity contribution is -0.709. The second kappa shape index (κ2) is 6.26. The number of aromatic amines is 1. The number of nitrogens with zero attached hydrogens (tertiary/aromatic N) is 1. The summed E-state index contributed by atoms with van der Waals surface area (Å²) in [7, 11) is 0. The van der Waals surface area contributed by atoms with Gasteiger partial charge < -0.3 is 10.3 Å². The molecular weight excluding hydrogens is 300 g/mol. The first kappa shape index (κ1) is 15.3. The number of hydrogen-bond donors (Lipinski definition) is 2. The van der Waals surface area contributed by atoms with E-state index in [1.54, 1.807) is 18.2 Å². The first-order chi connectivity index (χ1) is 11.0. The van der Waals surface area contributed by atoms with Crippen LogP contribution < -0.4 is 10.9 Å². The minimum absolute atomic E-state index is 0.195. The van der Waals surface area contributed by atoms with Crippen molar-refractivity contribution >= 4 is 10.9 Å². The van der Waals surface area contributed by atoms with Crippen LogP contribution in [0.1, 0.15) is 24.4 Å². The smallest absolute Gasteiger partial charge is 0.258 e. The maximum atomic E-state index is 13.8. The van der Waals surface area contributed by atoms with Crippen molar-refractivity contribution in [3.05, 3.63) is 75.8 Å². The molecule has 0 fully saturated rings. The molecule has 0 aliphatic carbocycles. The lowest BCUT2D eigenvalue weighted by Crippen LogP contribution is -2.83. The topological polar surface area (TPSA) is 62.4 Å². The molecule has 3 N–H and O–H groups in total. The maximum absolute atomic E-state index is 13.8. The third-order valence-electron chi connectivity index (χ3n) is 3.78. The Kier molecular flexibility index (Phi) is 4.16. The summed E-state index contributed by atoms with van der Waals surface area (Å²) in [6, 6.07) is 10.4. The summed E-state index contributed by atoms with van der Waals surface area (Å²) in [5.41, 5.74) is 0.842. The standard InChI is InChI=1S/C17H15F2N3O/c1-10(12-7-6-11(18)8-14(12)19)20-9-16-21-15-5-3-2-4-13(15)17(23)22-16/h2-8,10,20H,9H2,1H3,(H,21,22,23)/p+1/t10-/m1/s1. The predicted octanol–water partition coefficient (Wildman–Crippen LogP) is 2.03. The number of nitrogens with two attached hydrogens (primary N) is 1. The molecule has 0 aliphatic rings. The van der Waals surface area contributed by atoms with E-state index in [2.05, 4.69) is 9.97 Å². The van der Waals surface area contributed by atoms with Gasteiger partial charge in [-0.3, -0.25) is 4.79 Å². The van der Waals surface area contributed by atoms with Crippen molar-refractivity contribution < 1.29 is 14.1 Å². The summed E-state index contributed by atoms with van der Waals surface area (Å²) in [6.45, 7) is 2.20. The molecule has 6 heteroatoms. The van der Waals surface area contributed by atoms with Gasteiger partial charge in [-0.15, -0.1) is 0 Å². The molecule has 1 atom stereocenters. The second-order valence-electron chi connectivity index (χ2n) is 5.42. The third-order valence-corrected chi connectivity index (χ3v) is 3.78. The zero-order valence-electron chi connectivity index (χ0n) is 12.5. The van der Waals surface area contributed by atoms with Crippen LogP contribution in [0.2, 0.25) is 0 Å². The number of fused-ring (bicyclic) bond motifs is 1. The molecule has 0 saturated carbocycles. The molecule has 0 amide bonds. The molecule has 1 heterocycles. The Labute approximate surface area is 131 Å². The first-order valence-electron chi connectivity index (χ1n) is 7.31. The Balaban J connectivity index is 1.79. The molecule has 4 nitrogen and oxygen atoms in total. The van der Waals surface area contributed by atoms with Crippen molar-refractivity contribution in [2.75, 3.05) is 0 Å². The Morgan fingerprint density at radius 1 is 1.22 bits per heavy atom. The summed E-state index contributed by atoms with van der Waals surface area (Å²) in [5.74, 6) is -0.657. The molecule has 118 valence electrons. The molecular formula is C17H16F2N3O+. The number of aromatic nitrogens is 2. The highest BCUT2D eigenvalue weighted by Gasteiger charge is 2.15. The van der Waals surface area contributed by atoms with Crippen LogP contribution in [0.15, 0.2) is 47.3 Å². The van der Waals surface area contributed by atoms with Crippen LogP contribution in [-0.2, 0) is 6.54 Å². The number of rotatable bonds is 4. The van der Waals surface area contributed by atoms with Crippen molar-refractivity contribution in [3.8, 4) is 0 Å². The van der Waals surface area contributed by atoms with Gasteiger partial charge in [0.05, 0.1) is 10.9 Å². The zero-order chi connectivity index (χ0) is 16.4. The van der Waals surface area contributed by atoms with Crippen molar-refractivity contribution in [1.82, 2.24) is 9.97 Å². The Bertz CT molecular complexity index is 908. The van der Waals surface area contributed by atoms with Crippen LogP contribution in [0.4, 0.5) is 8.78 Å². The van der Waals surface area contributed by atoms with E-state index in [9.17, 15) is 13.6 Å². The minimum Gasteiger partial charge on any atom is -0.334 e. The van der Waals surface area contributed by atoms with Gasteiger partial charge in [0, 0.05) is 11.6 Å². The second-order valence-corrected chi connectivity index (χ2v) is 5.42. The number of H-pyrrole nitrogens is 1. The summed E-state index contributed by atoms with van der Waals surface area (Å²) >= 11 is 0. The highest BCUT2D eigenvalue weighted by Crippen LogP contribution is 2.14. The van der Waals surface area contributed by atoms with E-state index in [0.29, 0.717) is 28.8 Å². The van der Waals surface area contributed by atoms with Crippen LogP contribution in [0, 0.1) is 11.6 Å². The molecule has 0 aliphatic heterocycles. The molecule has 23 heavy (non-hydrogen) atoms. The molecule has 1 aromatic heterocycles. The van der Waals surface area contributed by atoms with Crippen LogP contribution in [0.5, 0.6) is 0 Å². The van der Waals surface area contributed by atoms with Gasteiger partial charge in [-0.05, 0) is 31.2 Å². The van der Waals surface area contributed by atoms with E-state index < -0.39 is 11.6 Å². The fourth-order valence-corrected chi connectivity index (χ4v) is 2.52. The summed E-state index contributed by atoms with van der Waals surface area (Å²) in [6.07, 6.45) is 0. The van der Waals surface area contributed by atoms with Gasteiger partial charge in [0.1, 0.15) is 24.2 Å². The fourth-order valence-electron chi connectivity index (χ4n) is 2.52. The van der Waals surface area contributed by atoms with Crippen LogP contribution in [-0.4, -0.2) is 9.97 Å². The van der Waals surface area contributed by atoms with E-state index >= 15 is 0 Å². The highest BCUT2D eigenvalue weighted by molar-refractivity contribution is 5.77. The largest absolute Gasteiger partial charge is 0.334 e. The van der Waals surface area contributed by atoms with Gasteiger partial charge in [-0.1, -0.05) is 12.1 Å². The lowest BCUT2D eigenvalue weighted by Gasteiger charge is -2.12. The molecule has 0 saturated heterocycles. The van der Waals surface area contributed by atoms with Gasteiger partial charge in [0.2, 0.25) is 0 Å². The quantitative estimate of drug-likeness (QED) is 0.773. The van der Waals surface area contributed by atoms with Gasteiger partial charge in [-0.25, -0.2) is 13.8 Å². The number of quaternary nitrogens is 1. The van der Waals surface area contributed by atoms with Crippen molar-refractivity contribution in [3.63, 3.8) is 0 Å². The van der Waals surface area contributed by atoms with Crippen LogP contribution >= 0.6 is 0 Å². The zero-order valence-corrected chi connectivity index (χ0v) is 12.5. The Morgan fingerprint density at radius 3 is 2.78 bits per heavy atom. The van der Waals surface area contributed by atoms with Crippen LogP contribution in [0.25, 0.3) is 10.9 Å². The normalized spacial score (nSPS) is 12.5. The molecule has 2 aromatic carbocycles. The minimum atomic E-state index is -0.598. The molecule has 0 bridgehead atoms. The average molecular weight is 316 g/mol.